The first-order chi connectivity index (χ1) is 7.45. The summed E-state index contributed by atoms with van der Waals surface area (Å²) >= 11 is 0. The molecule has 0 spiro atoms. The SMILES string of the molecule is c1cc2c(c(N3CCNCC3)c1)CCC2. The summed E-state index contributed by atoms with van der Waals surface area (Å²) in [5, 5.41) is 3.41. The van der Waals surface area contributed by atoms with Gasteiger partial charge in [-0.2, -0.15) is 0 Å². The normalized spacial score (nSPS) is 20.4. The largest absolute Gasteiger partial charge is 0.369 e. The molecule has 1 aliphatic carbocycles. The standard InChI is InChI=1S/C13H18N2/c1-3-11-4-2-6-13(12(11)5-1)15-9-7-14-8-10-15/h2,4,6,14H,1,3,5,7-10H2. The highest BCUT2D eigenvalue weighted by atomic mass is 15.2. The minimum Gasteiger partial charge on any atom is -0.369 e. The van der Waals surface area contributed by atoms with Crippen LogP contribution in [0.25, 0.3) is 0 Å². The van der Waals surface area contributed by atoms with Crippen LogP contribution in [0.5, 0.6) is 0 Å². The number of rotatable bonds is 1. The van der Waals surface area contributed by atoms with Crippen molar-refractivity contribution in [2.75, 3.05) is 31.1 Å². The third-order valence-corrected chi connectivity index (χ3v) is 3.58. The van der Waals surface area contributed by atoms with E-state index in [9.17, 15) is 0 Å². The molecule has 0 bridgehead atoms. The van der Waals surface area contributed by atoms with Crippen molar-refractivity contribution in [3.8, 4) is 0 Å². The Morgan fingerprint density at radius 3 is 2.80 bits per heavy atom. The molecule has 0 atom stereocenters. The van der Waals surface area contributed by atoms with Crippen LogP contribution in [0.4, 0.5) is 5.69 Å². The number of hydrogen-bond donors (Lipinski definition) is 1. The molecule has 1 heterocycles. The highest BCUT2D eigenvalue weighted by Gasteiger charge is 2.19. The molecule has 2 aliphatic rings. The predicted molar refractivity (Wildman–Crippen MR) is 63.5 cm³/mol. The van der Waals surface area contributed by atoms with Crippen LogP contribution in [0.1, 0.15) is 17.5 Å². The lowest BCUT2D eigenvalue weighted by atomic mass is 10.1. The fraction of sp³-hybridized carbons (Fsp3) is 0.538. The van der Waals surface area contributed by atoms with Crippen molar-refractivity contribution in [1.29, 1.82) is 0 Å². The Balaban J connectivity index is 1.93. The van der Waals surface area contributed by atoms with Crippen LogP contribution in [0, 0.1) is 0 Å². The lowest BCUT2D eigenvalue weighted by molar-refractivity contribution is 0.588. The number of nitrogens with one attached hydrogen (secondary N) is 1. The van der Waals surface area contributed by atoms with Crippen molar-refractivity contribution < 1.29 is 0 Å². The van der Waals surface area contributed by atoms with Crippen LogP contribution in [0.15, 0.2) is 18.2 Å². The Morgan fingerprint density at radius 2 is 1.93 bits per heavy atom. The van der Waals surface area contributed by atoms with Crippen molar-refractivity contribution >= 4 is 5.69 Å². The number of aryl methyl sites for hydroxylation is 1. The summed E-state index contributed by atoms with van der Waals surface area (Å²) in [6.07, 6.45) is 3.92. The number of anilines is 1. The summed E-state index contributed by atoms with van der Waals surface area (Å²) in [5.41, 5.74) is 4.72. The van der Waals surface area contributed by atoms with Gasteiger partial charge in [0.2, 0.25) is 0 Å². The average molecular weight is 202 g/mol. The van der Waals surface area contributed by atoms with Crippen LogP contribution in [0.3, 0.4) is 0 Å². The zero-order chi connectivity index (χ0) is 10.1. The van der Waals surface area contributed by atoms with Crippen molar-refractivity contribution in [3.63, 3.8) is 0 Å². The van der Waals surface area contributed by atoms with E-state index in [1.165, 1.54) is 24.9 Å². The zero-order valence-electron chi connectivity index (χ0n) is 9.13. The Hall–Kier alpha value is -1.02. The average Bonchev–Trinajstić information content (AvgIpc) is 2.78. The molecule has 0 unspecified atom stereocenters. The molecule has 3 rings (SSSR count). The van der Waals surface area contributed by atoms with E-state index in [0.717, 1.165) is 26.2 Å². The van der Waals surface area contributed by atoms with Gasteiger partial charge >= 0.3 is 0 Å². The molecule has 0 amide bonds. The molecular weight excluding hydrogens is 184 g/mol. The van der Waals surface area contributed by atoms with Crippen molar-refractivity contribution in [2.45, 2.75) is 19.3 Å². The van der Waals surface area contributed by atoms with Crippen molar-refractivity contribution in [1.82, 2.24) is 5.32 Å². The molecule has 0 radical (unpaired) electrons. The van der Waals surface area contributed by atoms with Gasteiger partial charge in [0, 0.05) is 31.9 Å². The van der Waals surface area contributed by atoms with Gasteiger partial charge in [-0.1, -0.05) is 12.1 Å². The topological polar surface area (TPSA) is 15.3 Å². The fourth-order valence-electron chi connectivity index (χ4n) is 2.80. The fourth-order valence-corrected chi connectivity index (χ4v) is 2.80. The van der Waals surface area contributed by atoms with Gasteiger partial charge in [0.05, 0.1) is 0 Å². The molecule has 1 aliphatic heterocycles. The van der Waals surface area contributed by atoms with Gasteiger partial charge in [0.1, 0.15) is 0 Å². The Kier molecular flexibility index (Phi) is 2.37. The maximum atomic E-state index is 3.41. The van der Waals surface area contributed by atoms with E-state index >= 15 is 0 Å². The van der Waals surface area contributed by atoms with Gasteiger partial charge in [-0.05, 0) is 36.5 Å². The van der Waals surface area contributed by atoms with Crippen LogP contribution < -0.4 is 10.2 Å². The van der Waals surface area contributed by atoms with E-state index in [2.05, 4.69) is 28.4 Å². The quantitative estimate of drug-likeness (QED) is 0.744. The van der Waals surface area contributed by atoms with Crippen LogP contribution in [-0.4, -0.2) is 26.2 Å². The molecule has 1 fully saturated rings. The summed E-state index contributed by atoms with van der Waals surface area (Å²) in [6, 6.07) is 6.82. The van der Waals surface area contributed by atoms with Gasteiger partial charge in [0.15, 0.2) is 0 Å². The summed E-state index contributed by atoms with van der Waals surface area (Å²) < 4.78 is 0. The summed E-state index contributed by atoms with van der Waals surface area (Å²) in [6.45, 7) is 4.58. The third-order valence-electron chi connectivity index (χ3n) is 3.58. The Morgan fingerprint density at radius 1 is 1.07 bits per heavy atom. The number of fused-ring (bicyclic) bond motifs is 1. The van der Waals surface area contributed by atoms with E-state index in [1.807, 2.05) is 0 Å². The number of hydrogen-bond acceptors (Lipinski definition) is 2. The van der Waals surface area contributed by atoms with E-state index in [1.54, 1.807) is 11.1 Å². The van der Waals surface area contributed by atoms with Crippen LogP contribution in [-0.2, 0) is 12.8 Å². The predicted octanol–water partition coefficient (Wildman–Crippen LogP) is 1.58. The minimum absolute atomic E-state index is 1.13. The molecule has 1 N–H and O–H groups in total. The lowest BCUT2D eigenvalue weighted by Gasteiger charge is -2.31. The highest BCUT2D eigenvalue weighted by Crippen LogP contribution is 2.31. The maximum absolute atomic E-state index is 3.41. The van der Waals surface area contributed by atoms with Crippen LogP contribution in [0.2, 0.25) is 0 Å². The van der Waals surface area contributed by atoms with E-state index < -0.39 is 0 Å². The first kappa shape index (κ1) is 9.22. The third kappa shape index (κ3) is 1.63. The molecule has 2 heteroatoms. The molecule has 15 heavy (non-hydrogen) atoms. The summed E-state index contributed by atoms with van der Waals surface area (Å²) in [7, 11) is 0. The van der Waals surface area contributed by atoms with Crippen molar-refractivity contribution in [3.05, 3.63) is 29.3 Å². The highest BCUT2D eigenvalue weighted by molar-refractivity contribution is 5.58. The number of piperazine rings is 1. The van der Waals surface area contributed by atoms with E-state index in [-0.39, 0.29) is 0 Å². The maximum Gasteiger partial charge on any atom is 0.0402 e. The number of benzene rings is 1. The van der Waals surface area contributed by atoms with Gasteiger partial charge in [-0.3, -0.25) is 0 Å². The molecule has 1 aromatic rings. The first-order valence-electron chi connectivity index (χ1n) is 6.01. The van der Waals surface area contributed by atoms with Crippen molar-refractivity contribution in [2.24, 2.45) is 0 Å². The molecule has 0 saturated carbocycles. The molecule has 80 valence electrons. The van der Waals surface area contributed by atoms with Gasteiger partial charge in [-0.25, -0.2) is 0 Å². The smallest absolute Gasteiger partial charge is 0.0402 e. The summed E-state index contributed by atoms with van der Waals surface area (Å²) in [5.74, 6) is 0. The van der Waals surface area contributed by atoms with E-state index in [4.69, 9.17) is 0 Å². The lowest BCUT2D eigenvalue weighted by Crippen LogP contribution is -2.43. The second-order valence-electron chi connectivity index (χ2n) is 4.51. The number of nitrogens with zero attached hydrogens (tertiary/aromatic N) is 1. The minimum atomic E-state index is 1.13. The van der Waals surface area contributed by atoms with Gasteiger partial charge in [0.25, 0.3) is 0 Å². The molecule has 2 nitrogen and oxygen atoms in total. The van der Waals surface area contributed by atoms with Gasteiger partial charge < -0.3 is 10.2 Å². The molecular formula is C13H18N2. The van der Waals surface area contributed by atoms with Crippen LogP contribution >= 0.6 is 0 Å². The Bertz CT molecular complexity index is 354. The molecule has 1 saturated heterocycles. The monoisotopic (exact) mass is 202 g/mol. The molecule has 1 aromatic carbocycles. The molecule has 0 aromatic heterocycles. The first-order valence-corrected chi connectivity index (χ1v) is 6.01. The zero-order valence-corrected chi connectivity index (χ0v) is 9.13. The Labute approximate surface area is 91.3 Å². The summed E-state index contributed by atoms with van der Waals surface area (Å²) in [4.78, 5) is 2.54. The van der Waals surface area contributed by atoms with E-state index in [0.29, 0.717) is 0 Å². The van der Waals surface area contributed by atoms with Gasteiger partial charge in [-0.15, -0.1) is 0 Å². The second kappa shape index (κ2) is 3.86. The second-order valence-corrected chi connectivity index (χ2v) is 4.51.